The number of halogens is 2. The Morgan fingerprint density at radius 2 is 1.57 bits per heavy atom. The first-order valence-corrected chi connectivity index (χ1v) is 6.97. The predicted molar refractivity (Wildman–Crippen MR) is 84.2 cm³/mol. The molecule has 0 aromatic heterocycles. The minimum Gasteiger partial charge on any atom is -0.325 e. The Morgan fingerprint density at radius 3 is 2.22 bits per heavy atom. The van der Waals surface area contributed by atoms with Gasteiger partial charge >= 0.3 is 0 Å². The molecule has 0 saturated carbocycles. The quantitative estimate of drug-likeness (QED) is 0.847. The van der Waals surface area contributed by atoms with E-state index in [1.807, 2.05) is 26.0 Å². The number of amides is 2. The van der Waals surface area contributed by atoms with Gasteiger partial charge in [-0.2, -0.15) is 0 Å². The molecule has 2 aromatic carbocycles. The molecule has 0 aliphatic rings. The van der Waals surface area contributed by atoms with Crippen LogP contribution in [0.15, 0.2) is 36.4 Å². The average molecular weight is 318 g/mol. The van der Waals surface area contributed by atoms with E-state index < -0.39 is 29.9 Å². The molecule has 2 aromatic rings. The maximum atomic E-state index is 13.4. The van der Waals surface area contributed by atoms with E-state index in [2.05, 4.69) is 10.6 Å². The van der Waals surface area contributed by atoms with E-state index in [0.29, 0.717) is 11.8 Å². The molecule has 0 saturated heterocycles. The van der Waals surface area contributed by atoms with Crippen LogP contribution >= 0.6 is 0 Å². The Labute approximate surface area is 132 Å². The van der Waals surface area contributed by atoms with Crippen LogP contribution in [-0.2, 0) is 9.59 Å². The second-order valence-corrected chi connectivity index (χ2v) is 5.22. The predicted octanol–water partition coefficient (Wildman–Crippen LogP) is 3.55. The fourth-order valence-corrected chi connectivity index (χ4v) is 2.00. The Morgan fingerprint density at radius 1 is 0.913 bits per heavy atom. The maximum Gasteiger partial charge on any atom is 0.233 e. The molecular formula is C17H16F2N2O2. The first-order valence-electron chi connectivity index (χ1n) is 6.97. The highest BCUT2D eigenvalue weighted by Gasteiger charge is 2.13. The molecule has 0 spiro atoms. The van der Waals surface area contributed by atoms with Crippen LogP contribution in [0.3, 0.4) is 0 Å². The van der Waals surface area contributed by atoms with Gasteiger partial charge in [0.1, 0.15) is 18.1 Å². The van der Waals surface area contributed by atoms with Crippen LogP contribution in [-0.4, -0.2) is 11.8 Å². The first kappa shape index (κ1) is 16.6. The number of aryl methyl sites for hydroxylation is 2. The number of rotatable bonds is 4. The van der Waals surface area contributed by atoms with Gasteiger partial charge in [-0.15, -0.1) is 0 Å². The fourth-order valence-electron chi connectivity index (χ4n) is 2.00. The highest BCUT2D eigenvalue weighted by molar-refractivity contribution is 6.08. The summed E-state index contributed by atoms with van der Waals surface area (Å²) in [5, 5.41) is 4.88. The molecule has 0 radical (unpaired) electrons. The van der Waals surface area contributed by atoms with Crippen LogP contribution in [0, 0.1) is 25.5 Å². The summed E-state index contributed by atoms with van der Waals surface area (Å²) >= 11 is 0. The topological polar surface area (TPSA) is 58.2 Å². The molecule has 0 aliphatic heterocycles. The van der Waals surface area contributed by atoms with Crippen LogP contribution in [0.25, 0.3) is 0 Å². The van der Waals surface area contributed by atoms with E-state index in [0.717, 1.165) is 23.3 Å². The van der Waals surface area contributed by atoms with Crippen molar-refractivity contribution in [1.29, 1.82) is 0 Å². The van der Waals surface area contributed by atoms with E-state index in [1.54, 1.807) is 6.07 Å². The van der Waals surface area contributed by atoms with Gasteiger partial charge in [0, 0.05) is 11.8 Å². The lowest BCUT2D eigenvalue weighted by molar-refractivity contribution is -0.123. The zero-order valence-corrected chi connectivity index (χ0v) is 12.7. The van der Waals surface area contributed by atoms with Crippen LogP contribution in [0.5, 0.6) is 0 Å². The van der Waals surface area contributed by atoms with Crippen molar-refractivity contribution in [1.82, 2.24) is 0 Å². The van der Waals surface area contributed by atoms with E-state index in [4.69, 9.17) is 0 Å². The number of carbonyl (C=O) groups excluding carboxylic acids is 2. The zero-order chi connectivity index (χ0) is 17.0. The maximum absolute atomic E-state index is 13.4. The summed E-state index contributed by atoms with van der Waals surface area (Å²) in [5.41, 5.74) is 2.30. The molecule has 120 valence electrons. The van der Waals surface area contributed by atoms with Gasteiger partial charge in [0.05, 0.1) is 5.69 Å². The van der Waals surface area contributed by atoms with Gasteiger partial charge in [-0.1, -0.05) is 12.1 Å². The normalized spacial score (nSPS) is 10.3. The SMILES string of the molecule is Cc1ccc(C)c(NC(=O)CC(=O)Nc2ccc(F)cc2F)c1. The van der Waals surface area contributed by atoms with Crippen molar-refractivity contribution in [2.45, 2.75) is 20.3 Å². The van der Waals surface area contributed by atoms with E-state index in [-0.39, 0.29) is 5.69 Å². The lowest BCUT2D eigenvalue weighted by Crippen LogP contribution is -2.22. The Kier molecular flexibility index (Phi) is 5.05. The number of nitrogens with one attached hydrogen (secondary N) is 2. The molecule has 0 aliphatic carbocycles. The molecule has 6 heteroatoms. The van der Waals surface area contributed by atoms with Gasteiger partial charge in [-0.25, -0.2) is 8.78 Å². The number of hydrogen-bond acceptors (Lipinski definition) is 2. The van der Waals surface area contributed by atoms with Crippen molar-refractivity contribution in [2.75, 3.05) is 10.6 Å². The number of hydrogen-bond donors (Lipinski definition) is 2. The lowest BCUT2D eigenvalue weighted by atomic mass is 10.1. The summed E-state index contributed by atoms with van der Waals surface area (Å²) in [7, 11) is 0. The molecule has 0 heterocycles. The van der Waals surface area contributed by atoms with Gasteiger partial charge in [-0.3, -0.25) is 9.59 Å². The molecule has 0 atom stereocenters. The molecule has 0 unspecified atom stereocenters. The van der Waals surface area contributed by atoms with Crippen molar-refractivity contribution in [2.24, 2.45) is 0 Å². The molecule has 0 bridgehead atoms. The third-order valence-corrected chi connectivity index (χ3v) is 3.19. The Hall–Kier alpha value is -2.76. The van der Waals surface area contributed by atoms with E-state index in [9.17, 15) is 18.4 Å². The lowest BCUT2D eigenvalue weighted by Gasteiger charge is -2.10. The van der Waals surface area contributed by atoms with Crippen molar-refractivity contribution in [3.05, 3.63) is 59.2 Å². The number of benzene rings is 2. The van der Waals surface area contributed by atoms with Crippen molar-refractivity contribution in [3.63, 3.8) is 0 Å². The van der Waals surface area contributed by atoms with Gasteiger partial charge in [0.15, 0.2) is 0 Å². The van der Waals surface area contributed by atoms with Gasteiger partial charge in [-0.05, 0) is 43.2 Å². The van der Waals surface area contributed by atoms with Crippen molar-refractivity contribution >= 4 is 23.2 Å². The molecule has 0 fully saturated rings. The molecule has 23 heavy (non-hydrogen) atoms. The minimum atomic E-state index is -0.895. The Bertz CT molecular complexity index is 760. The summed E-state index contributed by atoms with van der Waals surface area (Å²) in [4.78, 5) is 23.7. The largest absolute Gasteiger partial charge is 0.325 e. The van der Waals surface area contributed by atoms with Crippen molar-refractivity contribution in [3.8, 4) is 0 Å². The molecule has 2 amide bonds. The summed E-state index contributed by atoms with van der Waals surface area (Å²) in [6.07, 6.45) is -0.468. The van der Waals surface area contributed by atoms with Crippen LogP contribution in [0.1, 0.15) is 17.5 Å². The summed E-state index contributed by atoms with van der Waals surface area (Å²) in [5.74, 6) is -2.83. The molecule has 2 N–H and O–H groups in total. The number of anilines is 2. The van der Waals surface area contributed by atoms with Crippen molar-refractivity contribution < 1.29 is 18.4 Å². The van der Waals surface area contributed by atoms with Gasteiger partial charge in [0.2, 0.25) is 11.8 Å². The van der Waals surface area contributed by atoms with Crippen LogP contribution in [0.4, 0.5) is 20.2 Å². The second-order valence-electron chi connectivity index (χ2n) is 5.22. The summed E-state index contributed by atoms with van der Waals surface area (Å²) < 4.78 is 26.2. The van der Waals surface area contributed by atoms with E-state index in [1.165, 1.54) is 0 Å². The third kappa shape index (κ3) is 4.60. The molecule has 2 rings (SSSR count). The highest BCUT2D eigenvalue weighted by Crippen LogP contribution is 2.17. The van der Waals surface area contributed by atoms with Gasteiger partial charge < -0.3 is 10.6 Å². The second kappa shape index (κ2) is 7.00. The third-order valence-electron chi connectivity index (χ3n) is 3.19. The summed E-state index contributed by atoms with van der Waals surface area (Å²) in [6, 6.07) is 8.35. The average Bonchev–Trinajstić information content (AvgIpc) is 2.46. The fraction of sp³-hybridized carbons (Fsp3) is 0.176. The molecule has 4 nitrogen and oxygen atoms in total. The molecular weight excluding hydrogens is 302 g/mol. The summed E-state index contributed by atoms with van der Waals surface area (Å²) in [6.45, 7) is 3.72. The first-order chi connectivity index (χ1) is 10.8. The smallest absolute Gasteiger partial charge is 0.233 e. The van der Waals surface area contributed by atoms with E-state index >= 15 is 0 Å². The van der Waals surface area contributed by atoms with Crippen LogP contribution in [0.2, 0.25) is 0 Å². The minimum absolute atomic E-state index is 0.170. The Balaban J connectivity index is 1.97. The standard InChI is InChI=1S/C17H16F2N2O2/c1-10-3-4-11(2)15(7-10)21-17(23)9-16(22)20-14-6-5-12(18)8-13(14)19/h3-8H,9H2,1-2H3,(H,20,22)(H,21,23). The van der Waals surface area contributed by atoms with Crippen LogP contribution < -0.4 is 10.6 Å². The van der Waals surface area contributed by atoms with Gasteiger partial charge in [0.25, 0.3) is 0 Å². The zero-order valence-electron chi connectivity index (χ0n) is 12.7. The number of carbonyl (C=O) groups is 2. The highest BCUT2D eigenvalue weighted by atomic mass is 19.1. The monoisotopic (exact) mass is 318 g/mol.